The Hall–Kier alpha value is -1.78. The molecule has 1 aromatic rings. The second-order valence-electron chi connectivity index (χ2n) is 6.32. The smallest absolute Gasteiger partial charge is 0.292 e. The monoisotopic (exact) mass is 275 g/mol. The van der Waals surface area contributed by atoms with Gasteiger partial charge in [0.25, 0.3) is 5.69 Å². The fourth-order valence-corrected chi connectivity index (χ4v) is 4.00. The van der Waals surface area contributed by atoms with Crippen LogP contribution >= 0.6 is 0 Å². The maximum atomic E-state index is 10.8. The van der Waals surface area contributed by atoms with Crippen molar-refractivity contribution in [3.8, 4) is 0 Å². The first kappa shape index (κ1) is 13.2. The van der Waals surface area contributed by atoms with Gasteiger partial charge >= 0.3 is 0 Å². The SMILES string of the molecule is CN(CC1CC2CCC1C2)c1ccc([N+](=O)[O-])c(N)c1. The number of nitro benzene ring substituents is 1. The number of nitrogen functional groups attached to an aromatic ring is 1. The summed E-state index contributed by atoms with van der Waals surface area (Å²) in [5.74, 6) is 2.60. The van der Waals surface area contributed by atoms with E-state index in [1.807, 2.05) is 7.05 Å². The van der Waals surface area contributed by atoms with Crippen molar-refractivity contribution in [2.75, 3.05) is 24.2 Å². The Labute approximate surface area is 118 Å². The minimum absolute atomic E-state index is 0.0120. The Morgan fingerprint density at radius 1 is 1.40 bits per heavy atom. The van der Waals surface area contributed by atoms with Gasteiger partial charge in [0.05, 0.1) is 4.92 Å². The van der Waals surface area contributed by atoms with E-state index in [0.29, 0.717) is 0 Å². The predicted molar refractivity (Wildman–Crippen MR) is 79.7 cm³/mol. The summed E-state index contributed by atoms with van der Waals surface area (Å²) in [5, 5.41) is 10.8. The molecule has 108 valence electrons. The van der Waals surface area contributed by atoms with E-state index in [9.17, 15) is 10.1 Å². The van der Waals surface area contributed by atoms with Crippen molar-refractivity contribution in [3.05, 3.63) is 28.3 Å². The van der Waals surface area contributed by atoms with Gasteiger partial charge in [0.2, 0.25) is 0 Å². The van der Waals surface area contributed by atoms with Crippen molar-refractivity contribution < 1.29 is 4.92 Å². The van der Waals surface area contributed by atoms with E-state index in [0.717, 1.165) is 30.0 Å². The second kappa shape index (κ2) is 4.96. The van der Waals surface area contributed by atoms with E-state index >= 15 is 0 Å². The fraction of sp³-hybridized carbons (Fsp3) is 0.600. The Bertz CT molecular complexity index is 532. The van der Waals surface area contributed by atoms with Crippen LogP contribution in [0.4, 0.5) is 17.1 Å². The van der Waals surface area contributed by atoms with Crippen LogP contribution in [0.5, 0.6) is 0 Å². The third kappa shape index (κ3) is 2.32. The van der Waals surface area contributed by atoms with Gasteiger partial charge in [-0.2, -0.15) is 0 Å². The first-order chi connectivity index (χ1) is 9.54. The molecule has 0 aromatic heterocycles. The molecule has 5 heteroatoms. The Balaban J connectivity index is 1.69. The van der Waals surface area contributed by atoms with Crippen LogP contribution in [0.1, 0.15) is 25.7 Å². The number of benzene rings is 1. The van der Waals surface area contributed by atoms with Gasteiger partial charge in [0.1, 0.15) is 5.69 Å². The van der Waals surface area contributed by atoms with Crippen molar-refractivity contribution in [2.24, 2.45) is 17.8 Å². The molecule has 0 amide bonds. The molecule has 0 aliphatic heterocycles. The van der Waals surface area contributed by atoms with Crippen molar-refractivity contribution in [2.45, 2.75) is 25.7 Å². The molecule has 1 aromatic carbocycles. The maximum absolute atomic E-state index is 10.8. The van der Waals surface area contributed by atoms with Gasteiger partial charge in [-0.15, -0.1) is 0 Å². The quantitative estimate of drug-likeness (QED) is 0.521. The van der Waals surface area contributed by atoms with Crippen LogP contribution in [0.15, 0.2) is 18.2 Å². The molecule has 3 rings (SSSR count). The summed E-state index contributed by atoms with van der Waals surface area (Å²) in [6.45, 7) is 1.03. The van der Waals surface area contributed by atoms with Crippen LogP contribution in [-0.2, 0) is 0 Å². The molecule has 2 aliphatic rings. The molecule has 3 atom stereocenters. The Morgan fingerprint density at radius 3 is 2.75 bits per heavy atom. The van der Waals surface area contributed by atoms with E-state index in [-0.39, 0.29) is 11.4 Å². The zero-order valence-electron chi connectivity index (χ0n) is 11.8. The molecule has 0 heterocycles. The van der Waals surface area contributed by atoms with Crippen molar-refractivity contribution in [3.63, 3.8) is 0 Å². The minimum Gasteiger partial charge on any atom is -0.393 e. The molecule has 2 aliphatic carbocycles. The average Bonchev–Trinajstić information content (AvgIpc) is 3.00. The van der Waals surface area contributed by atoms with Crippen LogP contribution in [-0.4, -0.2) is 18.5 Å². The molecule has 0 radical (unpaired) electrons. The molecule has 5 nitrogen and oxygen atoms in total. The zero-order chi connectivity index (χ0) is 14.3. The Morgan fingerprint density at radius 2 is 2.20 bits per heavy atom. The molecule has 0 saturated heterocycles. The summed E-state index contributed by atoms with van der Waals surface area (Å²) in [5.41, 5.74) is 6.96. The third-order valence-corrected chi connectivity index (χ3v) is 5.04. The third-order valence-electron chi connectivity index (χ3n) is 5.04. The molecule has 20 heavy (non-hydrogen) atoms. The van der Waals surface area contributed by atoms with Crippen LogP contribution in [0.3, 0.4) is 0 Å². The number of nitrogens with two attached hydrogens (primary N) is 1. The van der Waals surface area contributed by atoms with Gasteiger partial charge in [-0.3, -0.25) is 10.1 Å². The molecule has 2 N–H and O–H groups in total. The van der Waals surface area contributed by atoms with Gasteiger partial charge in [-0.05, 0) is 49.1 Å². The lowest BCUT2D eigenvalue weighted by atomic mass is 9.88. The topological polar surface area (TPSA) is 72.4 Å². The molecule has 0 spiro atoms. The normalized spacial score (nSPS) is 27.8. The lowest BCUT2D eigenvalue weighted by Crippen LogP contribution is -2.28. The lowest BCUT2D eigenvalue weighted by Gasteiger charge is -2.28. The van der Waals surface area contributed by atoms with Crippen LogP contribution in [0.25, 0.3) is 0 Å². The standard InChI is InChI=1S/C15H21N3O2/c1-17(9-12-7-10-2-3-11(12)6-10)13-4-5-15(18(19)20)14(16)8-13/h4-5,8,10-12H,2-3,6-7,9,16H2,1H3. The highest BCUT2D eigenvalue weighted by Crippen LogP contribution is 2.48. The summed E-state index contributed by atoms with van der Waals surface area (Å²) < 4.78 is 0. The average molecular weight is 275 g/mol. The van der Waals surface area contributed by atoms with Crippen LogP contribution < -0.4 is 10.6 Å². The first-order valence-corrected chi connectivity index (χ1v) is 7.29. The van der Waals surface area contributed by atoms with E-state index in [1.165, 1.54) is 31.7 Å². The van der Waals surface area contributed by atoms with Gasteiger partial charge in [-0.1, -0.05) is 6.42 Å². The van der Waals surface area contributed by atoms with Gasteiger partial charge in [0, 0.05) is 25.3 Å². The van der Waals surface area contributed by atoms with E-state index in [4.69, 9.17) is 5.73 Å². The summed E-state index contributed by atoms with van der Waals surface area (Å²) in [4.78, 5) is 12.5. The molecule has 2 fully saturated rings. The summed E-state index contributed by atoms with van der Waals surface area (Å²) >= 11 is 0. The van der Waals surface area contributed by atoms with Crippen molar-refractivity contribution in [1.82, 2.24) is 0 Å². The van der Waals surface area contributed by atoms with Crippen molar-refractivity contribution >= 4 is 17.1 Å². The van der Waals surface area contributed by atoms with Crippen LogP contribution in [0, 0.1) is 27.9 Å². The highest BCUT2D eigenvalue weighted by atomic mass is 16.6. The molecule has 3 unspecified atom stereocenters. The van der Waals surface area contributed by atoms with Gasteiger partial charge in [-0.25, -0.2) is 0 Å². The number of rotatable bonds is 4. The summed E-state index contributed by atoms with van der Waals surface area (Å²) in [6.07, 6.45) is 5.54. The van der Waals surface area contributed by atoms with Gasteiger partial charge in [0.15, 0.2) is 0 Å². The number of nitrogens with zero attached hydrogens (tertiary/aromatic N) is 2. The largest absolute Gasteiger partial charge is 0.393 e. The minimum atomic E-state index is -0.435. The molecular formula is C15H21N3O2. The first-order valence-electron chi connectivity index (χ1n) is 7.29. The number of hydrogen-bond acceptors (Lipinski definition) is 4. The lowest BCUT2D eigenvalue weighted by molar-refractivity contribution is -0.383. The molecular weight excluding hydrogens is 254 g/mol. The van der Waals surface area contributed by atoms with Gasteiger partial charge < -0.3 is 10.6 Å². The highest BCUT2D eigenvalue weighted by molar-refractivity contribution is 5.66. The van der Waals surface area contributed by atoms with E-state index in [1.54, 1.807) is 12.1 Å². The molecule has 2 saturated carbocycles. The number of anilines is 2. The number of fused-ring (bicyclic) bond motifs is 2. The zero-order valence-corrected chi connectivity index (χ0v) is 11.8. The van der Waals surface area contributed by atoms with Crippen molar-refractivity contribution in [1.29, 1.82) is 0 Å². The highest BCUT2D eigenvalue weighted by Gasteiger charge is 2.39. The maximum Gasteiger partial charge on any atom is 0.292 e. The Kier molecular flexibility index (Phi) is 3.28. The van der Waals surface area contributed by atoms with E-state index in [2.05, 4.69) is 4.90 Å². The second-order valence-corrected chi connectivity index (χ2v) is 6.32. The summed E-state index contributed by atoms with van der Waals surface area (Å²) in [6, 6.07) is 5.01. The number of hydrogen-bond donors (Lipinski definition) is 1. The van der Waals surface area contributed by atoms with E-state index < -0.39 is 4.92 Å². The summed E-state index contributed by atoms with van der Waals surface area (Å²) in [7, 11) is 2.05. The number of nitro groups is 1. The molecule has 2 bridgehead atoms. The predicted octanol–water partition coefficient (Wildman–Crippen LogP) is 3.05. The fourth-order valence-electron chi connectivity index (χ4n) is 4.00. The van der Waals surface area contributed by atoms with Crippen LogP contribution in [0.2, 0.25) is 0 Å².